The highest BCUT2D eigenvalue weighted by molar-refractivity contribution is 6.32. The van der Waals surface area contributed by atoms with Gasteiger partial charge in [-0.1, -0.05) is 0 Å². The summed E-state index contributed by atoms with van der Waals surface area (Å²) in [6, 6.07) is 1.55. The number of hydrogen-bond donors (Lipinski definition) is 1. The first kappa shape index (κ1) is 10.8. The Kier molecular flexibility index (Phi) is 2.94. The van der Waals surface area contributed by atoms with E-state index in [0.29, 0.717) is 18.0 Å². The standard InChI is InChI=1S/C10H11Cl2NO2/c11-5-10(2-3-10)6-13-9(14)7-1-4-15-8(7)12/h1,4H,2-3,5-6H2,(H,13,14). The Bertz CT molecular complexity index is 371. The zero-order chi connectivity index (χ0) is 10.9. The number of amides is 1. The van der Waals surface area contributed by atoms with Crippen molar-refractivity contribution < 1.29 is 9.21 Å². The second-order valence-corrected chi connectivity index (χ2v) is 4.53. The van der Waals surface area contributed by atoms with E-state index in [1.807, 2.05) is 0 Å². The van der Waals surface area contributed by atoms with Gasteiger partial charge in [-0.15, -0.1) is 11.6 Å². The molecule has 0 spiro atoms. The molecule has 0 bridgehead atoms. The zero-order valence-corrected chi connectivity index (χ0v) is 9.57. The van der Waals surface area contributed by atoms with Crippen molar-refractivity contribution in [3.63, 3.8) is 0 Å². The molecule has 1 aromatic heterocycles. The molecule has 1 aliphatic carbocycles. The molecule has 15 heavy (non-hydrogen) atoms. The quantitative estimate of drug-likeness (QED) is 0.832. The highest BCUT2D eigenvalue weighted by Gasteiger charge is 2.41. The SMILES string of the molecule is O=C(NCC1(CCl)CC1)c1ccoc1Cl. The normalized spacial score (nSPS) is 17.5. The van der Waals surface area contributed by atoms with Crippen LogP contribution in [-0.2, 0) is 0 Å². The summed E-state index contributed by atoms with van der Waals surface area (Å²) in [5, 5.41) is 2.94. The number of rotatable bonds is 4. The number of nitrogens with one attached hydrogen (secondary N) is 1. The first-order valence-corrected chi connectivity index (χ1v) is 5.65. The highest BCUT2D eigenvalue weighted by atomic mass is 35.5. The van der Waals surface area contributed by atoms with Crippen molar-refractivity contribution in [1.82, 2.24) is 5.32 Å². The van der Waals surface area contributed by atoms with E-state index < -0.39 is 0 Å². The topological polar surface area (TPSA) is 42.2 Å². The van der Waals surface area contributed by atoms with Crippen molar-refractivity contribution in [3.05, 3.63) is 23.1 Å². The molecular formula is C10H11Cl2NO2. The van der Waals surface area contributed by atoms with Gasteiger partial charge in [-0.2, -0.15) is 0 Å². The van der Waals surface area contributed by atoms with Crippen molar-refractivity contribution in [2.75, 3.05) is 12.4 Å². The van der Waals surface area contributed by atoms with Crippen LogP contribution in [0.5, 0.6) is 0 Å². The van der Waals surface area contributed by atoms with Crippen LogP contribution in [0.1, 0.15) is 23.2 Å². The molecule has 82 valence electrons. The van der Waals surface area contributed by atoms with Crippen LogP contribution < -0.4 is 5.32 Å². The number of alkyl halides is 1. The summed E-state index contributed by atoms with van der Waals surface area (Å²) >= 11 is 11.5. The number of furan rings is 1. The Balaban J connectivity index is 1.91. The maximum Gasteiger partial charge on any atom is 0.256 e. The number of hydrogen-bond acceptors (Lipinski definition) is 2. The van der Waals surface area contributed by atoms with Crippen LogP contribution in [0.2, 0.25) is 5.22 Å². The fraction of sp³-hybridized carbons (Fsp3) is 0.500. The Hall–Kier alpha value is -0.670. The molecule has 3 nitrogen and oxygen atoms in total. The minimum absolute atomic E-state index is 0.118. The van der Waals surface area contributed by atoms with Crippen LogP contribution in [0.25, 0.3) is 0 Å². The monoisotopic (exact) mass is 247 g/mol. The van der Waals surface area contributed by atoms with Gasteiger partial charge in [-0.25, -0.2) is 0 Å². The van der Waals surface area contributed by atoms with E-state index in [1.165, 1.54) is 6.26 Å². The second kappa shape index (κ2) is 4.06. The van der Waals surface area contributed by atoms with Crippen molar-refractivity contribution in [3.8, 4) is 0 Å². The van der Waals surface area contributed by atoms with Gasteiger partial charge in [-0.05, 0) is 30.5 Å². The van der Waals surface area contributed by atoms with Gasteiger partial charge in [0.1, 0.15) is 0 Å². The van der Waals surface area contributed by atoms with Crippen molar-refractivity contribution in [2.45, 2.75) is 12.8 Å². The van der Waals surface area contributed by atoms with Crippen LogP contribution >= 0.6 is 23.2 Å². The maximum absolute atomic E-state index is 11.6. The fourth-order valence-electron chi connectivity index (χ4n) is 1.35. The maximum atomic E-state index is 11.6. The molecule has 1 aliphatic rings. The molecule has 1 fully saturated rings. The predicted octanol–water partition coefficient (Wildman–Crippen LogP) is 2.68. The number of carbonyl (C=O) groups excluding carboxylic acids is 1. The molecule has 0 radical (unpaired) electrons. The van der Waals surface area contributed by atoms with Gasteiger partial charge in [0, 0.05) is 17.8 Å². The molecular weight excluding hydrogens is 237 g/mol. The lowest BCUT2D eigenvalue weighted by Gasteiger charge is -2.11. The minimum Gasteiger partial charge on any atom is -0.452 e. The average molecular weight is 248 g/mol. The summed E-state index contributed by atoms with van der Waals surface area (Å²) in [7, 11) is 0. The molecule has 1 amide bonds. The van der Waals surface area contributed by atoms with E-state index in [-0.39, 0.29) is 16.5 Å². The van der Waals surface area contributed by atoms with Gasteiger partial charge in [0.25, 0.3) is 5.91 Å². The molecule has 0 atom stereocenters. The molecule has 0 saturated heterocycles. The van der Waals surface area contributed by atoms with Gasteiger partial charge < -0.3 is 9.73 Å². The Morgan fingerprint density at radius 3 is 2.80 bits per heavy atom. The van der Waals surface area contributed by atoms with Crippen LogP contribution in [0.3, 0.4) is 0 Å². The summed E-state index contributed by atoms with van der Waals surface area (Å²) < 4.78 is 4.84. The minimum atomic E-state index is -0.204. The van der Waals surface area contributed by atoms with Crippen LogP contribution in [0.15, 0.2) is 16.7 Å². The smallest absolute Gasteiger partial charge is 0.256 e. The zero-order valence-electron chi connectivity index (χ0n) is 8.06. The van der Waals surface area contributed by atoms with Gasteiger partial charge in [-0.3, -0.25) is 4.79 Å². The highest BCUT2D eigenvalue weighted by Crippen LogP contribution is 2.45. The molecule has 0 aromatic carbocycles. The molecule has 5 heteroatoms. The third kappa shape index (κ3) is 2.29. The van der Waals surface area contributed by atoms with E-state index in [1.54, 1.807) is 6.07 Å². The number of halogens is 2. The van der Waals surface area contributed by atoms with Gasteiger partial charge in [0.2, 0.25) is 5.22 Å². The third-order valence-electron chi connectivity index (χ3n) is 2.73. The van der Waals surface area contributed by atoms with Crippen molar-refractivity contribution in [1.29, 1.82) is 0 Å². The van der Waals surface area contributed by atoms with Crippen LogP contribution in [0, 0.1) is 5.41 Å². The lowest BCUT2D eigenvalue weighted by molar-refractivity contribution is 0.0946. The Morgan fingerprint density at radius 1 is 1.60 bits per heavy atom. The van der Waals surface area contributed by atoms with Crippen molar-refractivity contribution >= 4 is 29.1 Å². The largest absolute Gasteiger partial charge is 0.452 e. The number of carbonyl (C=O) groups is 1. The first-order valence-electron chi connectivity index (χ1n) is 4.74. The summed E-state index contributed by atoms with van der Waals surface area (Å²) in [4.78, 5) is 11.6. The van der Waals surface area contributed by atoms with E-state index in [9.17, 15) is 4.79 Å². The summed E-state index contributed by atoms with van der Waals surface area (Å²) in [5.41, 5.74) is 0.495. The Labute approximate surface area is 97.7 Å². The molecule has 0 aliphatic heterocycles. The van der Waals surface area contributed by atoms with Crippen LogP contribution in [-0.4, -0.2) is 18.3 Å². The van der Waals surface area contributed by atoms with Gasteiger partial charge in [0.15, 0.2) is 0 Å². The lowest BCUT2D eigenvalue weighted by Crippen LogP contribution is -2.30. The van der Waals surface area contributed by atoms with Gasteiger partial charge in [0.05, 0.1) is 11.8 Å². The molecule has 1 heterocycles. The third-order valence-corrected chi connectivity index (χ3v) is 3.59. The molecule has 1 saturated carbocycles. The van der Waals surface area contributed by atoms with E-state index in [0.717, 1.165) is 12.8 Å². The second-order valence-electron chi connectivity index (χ2n) is 3.92. The molecule has 2 rings (SSSR count). The van der Waals surface area contributed by atoms with E-state index in [2.05, 4.69) is 5.32 Å². The molecule has 0 unspecified atom stereocenters. The summed E-state index contributed by atoms with van der Waals surface area (Å²) in [6.07, 6.45) is 3.55. The predicted molar refractivity (Wildman–Crippen MR) is 58.4 cm³/mol. The van der Waals surface area contributed by atoms with Crippen LogP contribution in [0.4, 0.5) is 0 Å². The summed E-state index contributed by atoms with van der Waals surface area (Å²) in [5.74, 6) is 0.386. The van der Waals surface area contributed by atoms with Crippen molar-refractivity contribution in [2.24, 2.45) is 5.41 Å². The van der Waals surface area contributed by atoms with Gasteiger partial charge >= 0.3 is 0 Å². The lowest BCUT2D eigenvalue weighted by atomic mass is 10.1. The molecule has 1 N–H and O–H groups in total. The first-order chi connectivity index (χ1) is 7.17. The average Bonchev–Trinajstić information content (AvgIpc) is 2.91. The van der Waals surface area contributed by atoms with E-state index >= 15 is 0 Å². The van der Waals surface area contributed by atoms with E-state index in [4.69, 9.17) is 27.6 Å². The summed E-state index contributed by atoms with van der Waals surface area (Å²) in [6.45, 7) is 0.608. The Morgan fingerprint density at radius 2 is 2.33 bits per heavy atom. The molecule has 1 aromatic rings. The fourth-order valence-corrected chi connectivity index (χ4v) is 1.92.